The van der Waals surface area contributed by atoms with Gasteiger partial charge in [0.15, 0.2) is 5.16 Å². The monoisotopic (exact) mass is 366 g/mol. The highest BCUT2D eigenvalue weighted by molar-refractivity contribution is 7.98. The summed E-state index contributed by atoms with van der Waals surface area (Å²) in [5.74, 6) is 0.730. The smallest absolute Gasteiger partial charge is 0.251 e. The zero-order chi connectivity index (χ0) is 17.8. The first-order valence-corrected chi connectivity index (χ1v) is 9.95. The molecule has 3 aromatic rings. The lowest BCUT2D eigenvalue weighted by atomic mass is 10.0. The average molecular weight is 366 g/mol. The van der Waals surface area contributed by atoms with Crippen molar-refractivity contribution in [2.24, 2.45) is 0 Å². The maximum absolute atomic E-state index is 12.7. The first-order valence-electron chi connectivity index (χ1n) is 8.96. The Morgan fingerprint density at radius 3 is 2.73 bits per heavy atom. The van der Waals surface area contributed by atoms with Crippen LogP contribution in [0, 0.1) is 0 Å². The molecule has 6 heteroatoms. The van der Waals surface area contributed by atoms with Crippen LogP contribution in [0.5, 0.6) is 0 Å². The molecule has 26 heavy (non-hydrogen) atoms. The van der Waals surface area contributed by atoms with E-state index < -0.39 is 0 Å². The minimum Gasteiger partial charge on any atom is -0.349 e. The second kappa shape index (κ2) is 7.93. The molecule has 0 aliphatic carbocycles. The predicted octanol–water partition coefficient (Wildman–Crippen LogP) is 3.34. The van der Waals surface area contributed by atoms with Crippen molar-refractivity contribution in [3.8, 4) is 0 Å². The van der Waals surface area contributed by atoms with Crippen molar-refractivity contribution in [1.82, 2.24) is 20.6 Å². The number of aromatic amines is 1. The molecule has 2 aromatic carbocycles. The molecule has 1 amide bonds. The Balaban J connectivity index is 1.45. The molecule has 0 spiro atoms. The lowest BCUT2D eigenvalue weighted by molar-refractivity contribution is 0.0929. The number of hydrogen-bond acceptors (Lipinski definition) is 4. The standard InChI is InChI=1S/C20H22N4OS/c25-19(22-15-9-11-21-12-10-15)16-6-2-1-5-14(16)13-26-20-23-17-7-3-4-8-18(17)24-20/h1-8,15,21H,9-13H2,(H,22,25)(H,23,24). The highest BCUT2D eigenvalue weighted by atomic mass is 32.2. The van der Waals surface area contributed by atoms with Gasteiger partial charge in [0.2, 0.25) is 0 Å². The summed E-state index contributed by atoms with van der Waals surface area (Å²) in [6.45, 7) is 1.93. The highest BCUT2D eigenvalue weighted by Crippen LogP contribution is 2.24. The molecule has 5 nitrogen and oxygen atoms in total. The van der Waals surface area contributed by atoms with Gasteiger partial charge in [-0.2, -0.15) is 0 Å². The quantitative estimate of drug-likeness (QED) is 0.606. The molecule has 1 aliphatic heterocycles. The molecule has 3 N–H and O–H groups in total. The minimum atomic E-state index is 0.0257. The molecule has 1 aliphatic rings. The fourth-order valence-corrected chi connectivity index (χ4v) is 4.13. The number of carbonyl (C=O) groups is 1. The van der Waals surface area contributed by atoms with Crippen molar-refractivity contribution in [2.75, 3.05) is 13.1 Å². The van der Waals surface area contributed by atoms with Gasteiger partial charge in [-0.25, -0.2) is 4.98 Å². The molecule has 0 bridgehead atoms. The minimum absolute atomic E-state index is 0.0257. The normalized spacial score (nSPS) is 15.2. The Kier molecular flexibility index (Phi) is 5.22. The number of aromatic nitrogens is 2. The Morgan fingerprint density at radius 1 is 1.12 bits per heavy atom. The zero-order valence-corrected chi connectivity index (χ0v) is 15.3. The number of carbonyl (C=O) groups excluding carboxylic acids is 1. The molecule has 0 radical (unpaired) electrons. The Labute approximate surface area is 157 Å². The first kappa shape index (κ1) is 17.1. The van der Waals surface area contributed by atoms with E-state index in [0.29, 0.717) is 5.75 Å². The van der Waals surface area contributed by atoms with E-state index in [0.717, 1.165) is 53.2 Å². The number of nitrogens with zero attached hydrogens (tertiary/aromatic N) is 1. The van der Waals surface area contributed by atoms with Gasteiger partial charge in [-0.05, 0) is 49.7 Å². The molecular formula is C20H22N4OS. The van der Waals surface area contributed by atoms with Crippen LogP contribution in [0.15, 0.2) is 53.7 Å². The number of piperidine rings is 1. The number of benzene rings is 2. The Bertz CT molecular complexity index is 868. The van der Waals surface area contributed by atoms with Crippen LogP contribution in [-0.2, 0) is 5.75 Å². The van der Waals surface area contributed by atoms with Gasteiger partial charge in [0, 0.05) is 17.4 Å². The lowest BCUT2D eigenvalue weighted by Gasteiger charge is -2.24. The van der Waals surface area contributed by atoms with Crippen LogP contribution in [0.3, 0.4) is 0 Å². The van der Waals surface area contributed by atoms with Gasteiger partial charge in [0.1, 0.15) is 0 Å². The summed E-state index contributed by atoms with van der Waals surface area (Å²) < 4.78 is 0. The van der Waals surface area contributed by atoms with E-state index in [1.54, 1.807) is 11.8 Å². The molecular weight excluding hydrogens is 344 g/mol. The van der Waals surface area contributed by atoms with Gasteiger partial charge >= 0.3 is 0 Å². The fourth-order valence-electron chi connectivity index (χ4n) is 3.24. The fraction of sp³-hybridized carbons (Fsp3) is 0.300. The first-order chi connectivity index (χ1) is 12.8. The van der Waals surface area contributed by atoms with Crippen molar-refractivity contribution in [3.05, 3.63) is 59.7 Å². The summed E-state index contributed by atoms with van der Waals surface area (Å²) in [7, 11) is 0. The zero-order valence-electron chi connectivity index (χ0n) is 14.5. The average Bonchev–Trinajstić information content (AvgIpc) is 3.10. The van der Waals surface area contributed by atoms with Crippen LogP contribution in [0.2, 0.25) is 0 Å². The third-order valence-electron chi connectivity index (χ3n) is 4.67. The molecule has 0 saturated carbocycles. The van der Waals surface area contributed by atoms with Gasteiger partial charge in [-0.15, -0.1) is 0 Å². The molecule has 0 unspecified atom stereocenters. The molecule has 134 valence electrons. The largest absolute Gasteiger partial charge is 0.349 e. The second-order valence-electron chi connectivity index (χ2n) is 6.50. The van der Waals surface area contributed by atoms with Crippen molar-refractivity contribution in [2.45, 2.75) is 29.8 Å². The van der Waals surface area contributed by atoms with Crippen LogP contribution >= 0.6 is 11.8 Å². The molecule has 1 saturated heterocycles. The highest BCUT2D eigenvalue weighted by Gasteiger charge is 2.18. The van der Waals surface area contributed by atoms with E-state index in [1.165, 1.54) is 0 Å². The van der Waals surface area contributed by atoms with Crippen molar-refractivity contribution < 1.29 is 4.79 Å². The second-order valence-corrected chi connectivity index (χ2v) is 7.47. The third-order valence-corrected chi connectivity index (χ3v) is 5.59. The molecule has 4 rings (SSSR count). The predicted molar refractivity (Wildman–Crippen MR) is 105 cm³/mol. The summed E-state index contributed by atoms with van der Waals surface area (Å²) >= 11 is 1.62. The molecule has 1 fully saturated rings. The topological polar surface area (TPSA) is 69.8 Å². The van der Waals surface area contributed by atoms with Gasteiger partial charge in [-0.1, -0.05) is 42.1 Å². The van der Waals surface area contributed by atoms with Crippen molar-refractivity contribution in [1.29, 1.82) is 0 Å². The Hall–Kier alpha value is -2.31. The van der Waals surface area contributed by atoms with Gasteiger partial charge < -0.3 is 15.6 Å². The van der Waals surface area contributed by atoms with Gasteiger partial charge in [0.25, 0.3) is 5.91 Å². The third kappa shape index (κ3) is 3.92. The van der Waals surface area contributed by atoms with E-state index in [4.69, 9.17) is 0 Å². The maximum atomic E-state index is 12.7. The van der Waals surface area contributed by atoms with Gasteiger partial charge in [0.05, 0.1) is 11.0 Å². The van der Waals surface area contributed by atoms with E-state index >= 15 is 0 Å². The number of hydrogen-bond donors (Lipinski definition) is 3. The van der Waals surface area contributed by atoms with E-state index in [-0.39, 0.29) is 11.9 Å². The number of thioether (sulfide) groups is 1. The SMILES string of the molecule is O=C(NC1CCNCC1)c1ccccc1CSc1nc2ccccc2[nH]1. The molecule has 1 aromatic heterocycles. The number of imidazole rings is 1. The Morgan fingerprint density at radius 2 is 1.88 bits per heavy atom. The molecule has 0 atom stereocenters. The summed E-state index contributed by atoms with van der Waals surface area (Å²) in [5, 5.41) is 7.38. The number of para-hydroxylation sites is 2. The lowest BCUT2D eigenvalue weighted by Crippen LogP contribution is -2.42. The molecule has 2 heterocycles. The van der Waals surface area contributed by atoms with Crippen LogP contribution in [-0.4, -0.2) is 35.0 Å². The van der Waals surface area contributed by atoms with Crippen LogP contribution < -0.4 is 10.6 Å². The van der Waals surface area contributed by atoms with Crippen LogP contribution in [0.1, 0.15) is 28.8 Å². The summed E-state index contributed by atoms with van der Waals surface area (Å²) in [6, 6.07) is 16.1. The van der Waals surface area contributed by atoms with Crippen LogP contribution in [0.4, 0.5) is 0 Å². The number of nitrogens with one attached hydrogen (secondary N) is 3. The van der Waals surface area contributed by atoms with Crippen molar-refractivity contribution >= 4 is 28.7 Å². The number of rotatable bonds is 5. The maximum Gasteiger partial charge on any atom is 0.251 e. The number of amides is 1. The van der Waals surface area contributed by atoms with Crippen molar-refractivity contribution in [3.63, 3.8) is 0 Å². The number of H-pyrrole nitrogens is 1. The van der Waals surface area contributed by atoms with Crippen LogP contribution in [0.25, 0.3) is 11.0 Å². The summed E-state index contributed by atoms with van der Waals surface area (Å²) in [6.07, 6.45) is 1.98. The van der Waals surface area contributed by atoms with Gasteiger partial charge in [-0.3, -0.25) is 4.79 Å². The summed E-state index contributed by atoms with van der Waals surface area (Å²) in [4.78, 5) is 20.6. The number of fused-ring (bicyclic) bond motifs is 1. The van der Waals surface area contributed by atoms with E-state index in [9.17, 15) is 4.79 Å². The van der Waals surface area contributed by atoms with E-state index in [1.807, 2.05) is 48.5 Å². The van der Waals surface area contributed by atoms with E-state index in [2.05, 4.69) is 20.6 Å². The summed E-state index contributed by atoms with van der Waals surface area (Å²) in [5.41, 5.74) is 3.79.